The number of nitrogens with one attached hydrogen (secondary N) is 2. The molecule has 0 saturated heterocycles. The van der Waals surface area contributed by atoms with E-state index in [1.165, 1.54) is 0 Å². The van der Waals surface area contributed by atoms with Crippen molar-refractivity contribution in [2.45, 2.75) is 26.4 Å². The summed E-state index contributed by atoms with van der Waals surface area (Å²) in [6.07, 6.45) is 1.17. The predicted octanol–water partition coefficient (Wildman–Crippen LogP) is 4.52. The largest absolute Gasteiger partial charge is 0.444 e. The van der Waals surface area contributed by atoms with Crippen LogP contribution in [-0.2, 0) is 4.74 Å². The van der Waals surface area contributed by atoms with Crippen LogP contribution in [0.4, 0.5) is 27.7 Å². The Morgan fingerprint density at radius 3 is 2.39 bits per heavy atom. The molecule has 4 N–H and O–H groups in total. The molecule has 0 spiro atoms. The van der Waals surface area contributed by atoms with Gasteiger partial charge in [0, 0.05) is 22.0 Å². The molecule has 2 aromatic rings. The van der Waals surface area contributed by atoms with Gasteiger partial charge in [-0.1, -0.05) is 0 Å². The number of anilines is 4. The van der Waals surface area contributed by atoms with Gasteiger partial charge in [-0.3, -0.25) is 5.32 Å². The van der Waals surface area contributed by atoms with E-state index >= 15 is 0 Å². The number of pyridine rings is 1. The highest BCUT2D eigenvalue weighted by molar-refractivity contribution is 9.10. The van der Waals surface area contributed by atoms with Crippen molar-refractivity contribution in [3.63, 3.8) is 0 Å². The Labute approximate surface area is 143 Å². The molecule has 0 atom stereocenters. The zero-order chi connectivity index (χ0) is 17.0. The van der Waals surface area contributed by atoms with Crippen LogP contribution in [-0.4, -0.2) is 16.7 Å². The number of nitrogen functional groups attached to an aromatic ring is 1. The summed E-state index contributed by atoms with van der Waals surface area (Å²) in [6.45, 7) is 5.44. The lowest BCUT2D eigenvalue weighted by Gasteiger charge is -2.19. The molecule has 0 fully saturated rings. The molecule has 1 aromatic heterocycles. The molecule has 2 rings (SSSR count). The summed E-state index contributed by atoms with van der Waals surface area (Å²) < 4.78 is 6.01. The van der Waals surface area contributed by atoms with Crippen molar-refractivity contribution in [1.29, 1.82) is 0 Å². The topological polar surface area (TPSA) is 89.3 Å². The molecule has 0 aliphatic heterocycles. The van der Waals surface area contributed by atoms with Crippen LogP contribution in [0.5, 0.6) is 0 Å². The Bertz CT molecular complexity index is 696. The van der Waals surface area contributed by atoms with E-state index in [1.807, 2.05) is 32.9 Å². The fourth-order valence-electron chi connectivity index (χ4n) is 1.75. The van der Waals surface area contributed by atoms with Gasteiger partial charge in [0.25, 0.3) is 0 Å². The first-order valence-electron chi connectivity index (χ1n) is 7.01. The summed E-state index contributed by atoms with van der Waals surface area (Å²) in [6, 6.07) is 8.93. The second-order valence-corrected chi connectivity index (χ2v) is 6.84. The minimum absolute atomic E-state index is 0.489. The van der Waals surface area contributed by atoms with Crippen LogP contribution in [0.1, 0.15) is 20.8 Å². The zero-order valence-corrected chi connectivity index (χ0v) is 14.8. The summed E-state index contributed by atoms with van der Waals surface area (Å²) in [4.78, 5) is 15.9. The number of nitrogens with zero attached hydrogens (tertiary/aromatic N) is 1. The van der Waals surface area contributed by atoms with Crippen molar-refractivity contribution in [2.75, 3.05) is 16.4 Å². The Hall–Kier alpha value is -2.28. The van der Waals surface area contributed by atoms with Crippen molar-refractivity contribution in [2.24, 2.45) is 0 Å². The minimum Gasteiger partial charge on any atom is -0.444 e. The van der Waals surface area contributed by atoms with Crippen molar-refractivity contribution < 1.29 is 9.53 Å². The molecular weight excluding hydrogens is 360 g/mol. The van der Waals surface area contributed by atoms with E-state index in [0.29, 0.717) is 17.2 Å². The van der Waals surface area contributed by atoms with Crippen molar-refractivity contribution in [3.8, 4) is 0 Å². The number of rotatable bonds is 3. The maximum atomic E-state index is 11.7. The fraction of sp³-hybridized carbons (Fsp3) is 0.250. The van der Waals surface area contributed by atoms with Crippen molar-refractivity contribution in [3.05, 3.63) is 41.0 Å². The fourth-order valence-corrected chi connectivity index (χ4v) is 2.10. The number of halogens is 1. The molecule has 1 heterocycles. The van der Waals surface area contributed by atoms with Gasteiger partial charge in [0.05, 0.1) is 5.69 Å². The van der Waals surface area contributed by atoms with E-state index in [1.54, 1.807) is 24.4 Å². The monoisotopic (exact) mass is 378 g/mol. The molecule has 122 valence electrons. The maximum absolute atomic E-state index is 11.7. The van der Waals surface area contributed by atoms with E-state index in [4.69, 9.17) is 10.5 Å². The molecule has 6 nitrogen and oxygen atoms in total. The molecular formula is C16H19BrN4O2. The maximum Gasteiger partial charge on any atom is 0.412 e. The highest BCUT2D eigenvalue weighted by Gasteiger charge is 2.16. The summed E-state index contributed by atoms with van der Waals surface area (Å²) >= 11 is 3.31. The SMILES string of the molecule is CC(C)(C)OC(=O)Nc1ccc(Nc2ncc(Br)cc2N)cc1. The van der Waals surface area contributed by atoms with Gasteiger partial charge >= 0.3 is 6.09 Å². The average Bonchev–Trinajstić information content (AvgIpc) is 2.42. The van der Waals surface area contributed by atoms with Crippen LogP contribution in [0.25, 0.3) is 0 Å². The lowest BCUT2D eigenvalue weighted by molar-refractivity contribution is 0.0636. The summed E-state index contributed by atoms with van der Waals surface area (Å²) in [5.74, 6) is 0.570. The van der Waals surface area contributed by atoms with Crippen molar-refractivity contribution in [1.82, 2.24) is 4.98 Å². The lowest BCUT2D eigenvalue weighted by Crippen LogP contribution is -2.27. The second kappa shape index (κ2) is 6.87. The third-order valence-corrected chi connectivity index (χ3v) is 3.11. The molecule has 0 bridgehead atoms. The van der Waals surface area contributed by atoms with Gasteiger partial charge in [0.15, 0.2) is 5.82 Å². The third-order valence-electron chi connectivity index (χ3n) is 2.68. The lowest BCUT2D eigenvalue weighted by atomic mass is 10.2. The number of carbonyl (C=O) groups excluding carboxylic acids is 1. The van der Waals surface area contributed by atoms with E-state index in [-0.39, 0.29) is 0 Å². The molecule has 1 amide bonds. The van der Waals surface area contributed by atoms with Gasteiger partial charge < -0.3 is 15.8 Å². The average molecular weight is 379 g/mol. The number of hydrogen-bond donors (Lipinski definition) is 3. The van der Waals surface area contributed by atoms with E-state index < -0.39 is 11.7 Å². The number of nitrogens with two attached hydrogens (primary N) is 1. The molecule has 7 heteroatoms. The van der Waals surface area contributed by atoms with Gasteiger partial charge in [-0.25, -0.2) is 9.78 Å². The summed E-state index contributed by atoms with van der Waals surface area (Å²) in [7, 11) is 0. The Kier molecular flexibility index (Phi) is 5.10. The first kappa shape index (κ1) is 17.1. The normalized spacial score (nSPS) is 11.0. The number of carbonyl (C=O) groups is 1. The van der Waals surface area contributed by atoms with Crippen LogP contribution < -0.4 is 16.4 Å². The quantitative estimate of drug-likeness (QED) is 0.730. The first-order chi connectivity index (χ1) is 10.7. The standard InChI is InChI=1S/C16H19BrN4O2/c1-16(2,3)23-15(22)21-12-6-4-11(5-7-12)20-14-13(18)8-10(17)9-19-14/h4-9H,18H2,1-3H3,(H,19,20)(H,21,22). The number of aromatic nitrogens is 1. The number of hydrogen-bond acceptors (Lipinski definition) is 5. The van der Waals surface area contributed by atoms with Crippen LogP contribution in [0.15, 0.2) is 41.0 Å². The molecule has 0 radical (unpaired) electrons. The molecule has 0 aliphatic rings. The summed E-state index contributed by atoms with van der Waals surface area (Å²) in [5.41, 5.74) is 7.35. The Morgan fingerprint density at radius 2 is 1.83 bits per heavy atom. The zero-order valence-electron chi connectivity index (χ0n) is 13.2. The second-order valence-electron chi connectivity index (χ2n) is 5.92. The van der Waals surface area contributed by atoms with E-state index in [2.05, 4.69) is 31.5 Å². The van der Waals surface area contributed by atoms with Gasteiger partial charge in [-0.05, 0) is 67.0 Å². The van der Waals surface area contributed by atoms with Crippen LogP contribution in [0, 0.1) is 0 Å². The molecule has 0 unspecified atom stereocenters. The Balaban J connectivity index is 2.01. The van der Waals surface area contributed by atoms with E-state index in [0.717, 1.165) is 10.2 Å². The molecule has 23 heavy (non-hydrogen) atoms. The van der Waals surface area contributed by atoms with Gasteiger partial charge in [-0.2, -0.15) is 0 Å². The molecule has 1 aromatic carbocycles. The third kappa shape index (κ3) is 5.45. The minimum atomic E-state index is -0.531. The van der Waals surface area contributed by atoms with E-state index in [9.17, 15) is 4.79 Å². The van der Waals surface area contributed by atoms with Gasteiger partial charge in [0.1, 0.15) is 5.60 Å². The number of amides is 1. The van der Waals surface area contributed by atoms with Crippen molar-refractivity contribution >= 4 is 44.9 Å². The highest BCUT2D eigenvalue weighted by Crippen LogP contribution is 2.24. The molecule has 0 aliphatic carbocycles. The predicted molar refractivity (Wildman–Crippen MR) is 95.9 cm³/mol. The molecule has 0 saturated carbocycles. The first-order valence-corrected chi connectivity index (χ1v) is 7.80. The summed E-state index contributed by atoms with van der Waals surface area (Å²) in [5, 5.41) is 5.79. The van der Waals surface area contributed by atoms with Crippen LogP contribution in [0.3, 0.4) is 0 Å². The number of ether oxygens (including phenoxy) is 1. The van der Waals surface area contributed by atoms with Crippen LogP contribution in [0.2, 0.25) is 0 Å². The van der Waals surface area contributed by atoms with Crippen LogP contribution >= 0.6 is 15.9 Å². The smallest absolute Gasteiger partial charge is 0.412 e. The van der Waals surface area contributed by atoms with Gasteiger partial charge in [-0.15, -0.1) is 0 Å². The Morgan fingerprint density at radius 1 is 1.22 bits per heavy atom. The van der Waals surface area contributed by atoms with Gasteiger partial charge in [0.2, 0.25) is 0 Å². The highest BCUT2D eigenvalue weighted by atomic mass is 79.9. The number of benzene rings is 1.